The van der Waals surface area contributed by atoms with Crippen LogP contribution in [0.25, 0.3) is 0 Å². The molecule has 1 unspecified atom stereocenters. The molecule has 0 aliphatic carbocycles. The van der Waals surface area contributed by atoms with Gasteiger partial charge in [0.25, 0.3) is 0 Å². The summed E-state index contributed by atoms with van der Waals surface area (Å²) in [5.41, 5.74) is 1.26. The summed E-state index contributed by atoms with van der Waals surface area (Å²) < 4.78 is 26.3. The summed E-state index contributed by atoms with van der Waals surface area (Å²) in [6.45, 7) is 4.97. The number of hydrogen-bond donors (Lipinski definition) is 0. The predicted octanol–water partition coefficient (Wildman–Crippen LogP) is 3.12. The topological polar surface area (TPSA) is 40.6 Å². The fourth-order valence-electron chi connectivity index (χ4n) is 4.00. The van der Waals surface area contributed by atoms with E-state index in [-0.39, 0.29) is 11.3 Å². The summed E-state index contributed by atoms with van der Waals surface area (Å²) in [5.74, 6) is 0.195. The van der Waals surface area contributed by atoms with Crippen molar-refractivity contribution in [2.45, 2.75) is 44.7 Å². The van der Waals surface area contributed by atoms with E-state index in [1.54, 1.807) is 11.2 Å². The Morgan fingerprint density at radius 1 is 1.13 bits per heavy atom. The first-order chi connectivity index (χ1) is 11.0. The Morgan fingerprint density at radius 3 is 2.43 bits per heavy atom. The van der Waals surface area contributed by atoms with Crippen LogP contribution < -0.4 is 0 Å². The molecule has 1 aromatic rings. The van der Waals surface area contributed by atoms with Crippen LogP contribution in [0, 0.1) is 0 Å². The molecule has 2 aliphatic heterocycles. The van der Waals surface area contributed by atoms with Crippen LogP contribution in [0.5, 0.6) is 0 Å². The van der Waals surface area contributed by atoms with Crippen molar-refractivity contribution in [3.63, 3.8) is 0 Å². The van der Waals surface area contributed by atoms with Gasteiger partial charge in [-0.1, -0.05) is 23.7 Å². The van der Waals surface area contributed by atoms with E-state index in [0.29, 0.717) is 13.1 Å². The SMILES string of the molecule is CCS(=O)(=O)N1CCCC2(CCCN2Cc2ccc(Cl)cc2)C1. The Hall–Kier alpha value is -0.620. The summed E-state index contributed by atoms with van der Waals surface area (Å²) in [6, 6.07) is 7.98. The second kappa shape index (κ2) is 6.71. The molecule has 0 saturated carbocycles. The normalized spacial score (nSPS) is 26.9. The molecule has 2 aliphatic rings. The van der Waals surface area contributed by atoms with E-state index in [4.69, 9.17) is 11.6 Å². The van der Waals surface area contributed by atoms with E-state index in [1.807, 2.05) is 12.1 Å². The number of sulfonamides is 1. The van der Waals surface area contributed by atoms with Gasteiger partial charge in [0.15, 0.2) is 0 Å². The Bertz CT molecular complexity index is 647. The third-order valence-corrected chi connectivity index (χ3v) is 7.39. The molecule has 0 aromatic heterocycles. The highest BCUT2D eigenvalue weighted by Crippen LogP contribution is 2.39. The maximum Gasteiger partial charge on any atom is 0.213 e. The summed E-state index contributed by atoms with van der Waals surface area (Å²) in [5, 5.41) is 0.753. The van der Waals surface area contributed by atoms with Gasteiger partial charge >= 0.3 is 0 Å². The van der Waals surface area contributed by atoms with Crippen molar-refractivity contribution < 1.29 is 8.42 Å². The monoisotopic (exact) mass is 356 g/mol. The molecular formula is C17H25ClN2O2S. The average Bonchev–Trinajstić information content (AvgIpc) is 2.91. The molecule has 2 heterocycles. The van der Waals surface area contributed by atoms with E-state index in [2.05, 4.69) is 17.0 Å². The van der Waals surface area contributed by atoms with Crippen molar-refractivity contribution >= 4 is 21.6 Å². The fraction of sp³-hybridized carbons (Fsp3) is 0.647. The van der Waals surface area contributed by atoms with Crippen molar-refractivity contribution in [2.75, 3.05) is 25.4 Å². The van der Waals surface area contributed by atoms with Gasteiger partial charge in [-0.2, -0.15) is 0 Å². The molecule has 4 nitrogen and oxygen atoms in total. The summed E-state index contributed by atoms with van der Waals surface area (Å²) >= 11 is 5.97. The van der Waals surface area contributed by atoms with Crippen LogP contribution in [0.1, 0.15) is 38.2 Å². The predicted molar refractivity (Wildman–Crippen MR) is 94.1 cm³/mol. The minimum atomic E-state index is -3.10. The van der Waals surface area contributed by atoms with Gasteiger partial charge in [0.1, 0.15) is 0 Å². The van der Waals surface area contributed by atoms with Crippen LogP contribution in [0.4, 0.5) is 0 Å². The van der Waals surface area contributed by atoms with E-state index in [0.717, 1.165) is 43.8 Å². The number of benzene rings is 1. The van der Waals surface area contributed by atoms with Gasteiger partial charge in [-0.05, 0) is 56.8 Å². The lowest BCUT2D eigenvalue weighted by Crippen LogP contribution is -2.56. The van der Waals surface area contributed by atoms with Crippen LogP contribution in [0.2, 0.25) is 5.02 Å². The molecule has 1 spiro atoms. The highest BCUT2D eigenvalue weighted by atomic mass is 35.5. The molecule has 0 radical (unpaired) electrons. The van der Waals surface area contributed by atoms with Gasteiger partial charge < -0.3 is 0 Å². The highest BCUT2D eigenvalue weighted by molar-refractivity contribution is 7.89. The van der Waals surface area contributed by atoms with E-state index in [1.165, 1.54) is 5.56 Å². The van der Waals surface area contributed by atoms with Crippen LogP contribution >= 0.6 is 11.6 Å². The fourth-order valence-corrected chi connectivity index (χ4v) is 5.34. The summed E-state index contributed by atoms with van der Waals surface area (Å²) in [7, 11) is -3.10. The van der Waals surface area contributed by atoms with Crippen LogP contribution in [-0.4, -0.2) is 48.5 Å². The molecule has 128 valence electrons. The first-order valence-electron chi connectivity index (χ1n) is 8.42. The molecule has 3 rings (SSSR count). The van der Waals surface area contributed by atoms with Crippen LogP contribution in [0.15, 0.2) is 24.3 Å². The number of piperidine rings is 1. The van der Waals surface area contributed by atoms with Crippen molar-refractivity contribution in [2.24, 2.45) is 0 Å². The quantitative estimate of drug-likeness (QED) is 0.832. The Kier molecular flexibility index (Phi) is 5.02. The smallest absolute Gasteiger partial charge is 0.213 e. The molecule has 0 N–H and O–H groups in total. The zero-order valence-electron chi connectivity index (χ0n) is 13.7. The van der Waals surface area contributed by atoms with Gasteiger partial charge in [-0.25, -0.2) is 12.7 Å². The third kappa shape index (κ3) is 3.58. The molecule has 0 amide bonds. The maximum atomic E-state index is 12.3. The second-order valence-electron chi connectivity index (χ2n) is 6.71. The van der Waals surface area contributed by atoms with Crippen molar-refractivity contribution in [3.8, 4) is 0 Å². The van der Waals surface area contributed by atoms with E-state index < -0.39 is 10.0 Å². The minimum absolute atomic E-state index is 0.0140. The number of nitrogens with zero attached hydrogens (tertiary/aromatic N) is 2. The maximum absolute atomic E-state index is 12.3. The van der Waals surface area contributed by atoms with E-state index >= 15 is 0 Å². The van der Waals surface area contributed by atoms with Crippen molar-refractivity contribution in [1.29, 1.82) is 0 Å². The van der Waals surface area contributed by atoms with Crippen LogP contribution in [-0.2, 0) is 16.6 Å². The van der Waals surface area contributed by atoms with Crippen molar-refractivity contribution in [1.82, 2.24) is 9.21 Å². The number of likely N-dealkylation sites (tertiary alicyclic amines) is 1. The average molecular weight is 357 g/mol. The number of halogens is 1. The molecule has 23 heavy (non-hydrogen) atoms. The third-order valence-electron chi connectivity index (χ3n) is 5.31. The minimum Gasteiger partial charge on any atom is -0.292 e. The number of hydrogen-bond acceptors (Lipinski definition) is 3. The molecule has 0 bridgehead atoms. The summed E-state index contributed by atoms with van der Waals surface area (Å²) in [4.78, 5) is 2.49. The van der Waals surface area contributed by atoms with Crippen LogP contribution in [0.3, 0.4) is 0 Å². The molecule has 2 fully saturated rings. The largest absolute Gasteiger partial charge is 0.292 e. The highest BCUT2D eigenvalue weighted by Gasteiger charge is 2.45. The van der Waals surface area contributed by atoms with Gasteiger partial charge in [0, 0.05) is 30.2 Å². The first-order valence-corrected chi connectivity index (χ1v) is 10.4. The van der Waals surface area contributed by atoms with Gasteiger partial charge in [0.05, 0.1) is 5.75 Å². The van der Waals surface area contributed by atoms with Gasteiger partial charge in [0.2, 0.25) is 10.0 Å². The van der Waals surface area contributed by atoms with Gasteiger partial charge in [-0.15, -0.1) is 0 Å². The lowest BCUT2D eigenvalue weighted by atomic mass is 9.87. The zero-order valence-corrected chi connectivity index (χ0v) is 15.2. The van der Waals surface area contributed by atoms with Gasteiger partial charge in [-0.3, -0.25) is 4.90 Å². The number of rotatable bonds is 4. The lowest BCUT2D eigenvalue weighted by molar-refractivity contribution is 0.0680. The second-order valence-corrected chi connectivity index (χ2v) is 9.41. The lowest BCUT2D eigenvalue weighted by Gasteiger charge is -2.45. The standard InChI is InChI=1S/C17H25ClN2O2S/c1-2-23(21,22)20-12-4-10-17(14-20)9-3-11-19(17)13-15-5-7-16(18)8-6-15/h5-8H,2-4,9-14H2,1H3. The molecule has 1 aromatic carbocycles. The van der Waals surface area contributed by atoms with E-state index in [9.17, 15) is 8.42 Å². The Balaban J connectivity index is 1.78. The molecular weight excluding hydrogens is 332 g/mol. The first kappa shape index (κ1) is 17.2. The molecule has 2 saturated heterocycles. The summed E-state index contributed by atoms with van der Waals surface area (Å²) in [6.07, 6.45) is 4.29. The molecule has 1 atom stereocenters. The Labute approximate surface area is 144 Å². The van der Waals surface area contributed by atoms with Crippen molar-refractivity contribution in [3.05, 3.63) is 34.9 Å². The molecule has 6 heteroatoms. The Morgan fingerprint density at radius 2 is 1.78 bits per heavy atom. The zero-order chi connectivity index (χ0) is 16.5.